The number of rotatable bonds is 7. The van der Waals surface area contributed by atoms with Gasteiger partial charge in [-0.05, 0) is 55.4 Å². The molecule has 0 bridgehead atoms. The van der Waals surface area contributed by atoms with Crippen LogP contribution in [0.3, 0.4) is 0 Å². The fourth-order valence-electron chi connectivity index (χ4n) is 3.68. The first kappa shape index (κ1) is 16.8. The fraction of sp³-hybridized carbons (Fsp3) is 0.409. The van der Waals surface area contributed by atoms with Crippen LogP contribution in [0.5, 0.6) is 0 Å². The lowest BCUT2D eigenvalue weighted by Crippen LogP contribution is -2.09. The van der Waals surface area contributed by atoms with Gasteiger partial charge in [0.05, 0.1) is 11.4 Å². The van der Waals surface area contributed by atoms with E-state index in [1.807, 2.05) is 17.1 Å². The number of anilines is 2. The molecule has 0 radical (unpaired) electrons. The van der Waals surface area contributed by atoms with Crippen LogP contribution in [0, 0.1) is 11.8 Å². The summed E-state index contributed by atoms with van der Waals surface area (Å²) in [6.07, 6.45) is 10.0. The molecule has 0 N–H and O–H groups in total. The molecule has 2 aromatic rings. The standard InChI is InChI=1S/C22H28N2/c1-19-11-10-13-20(19)12-8-9-18-23-24(21-14-4-2-5-15-21)22-16-6-3-7-17-22/h2-7,14-20H,8-13H2,1H3/b23-18+. The van der Waals surface area contributed by atoms with E-state index in [4.69, 9.17) is 5.10 Å². The summed E-state index contributed by atoms with van der Waals surface area (Å²) in [5.74, 6) is 1.87. The number of hydrazone groups is 1. The molecule has 3 rings (SSSR count). The van der Waals surface area contributed by atoms with Crippen molar-refractivity contribution in [3.63, 3.8) is 0 Å². The number of unbranched alkanes of at least 4 members (excludes halogenated alkanes) is 1. The SMILES string of the molecule is CC1CCCC1CCC/C=N/N(c1ccccc1)c1ccccc1. The zero-order chi connectivity index (χ0) is 16.6. The molecule has 2 nitrogen and oxygen atoms in total. The van der Waals surface area contributed by atoms with Gasteiger partial charge in [0, 0.05) is 6.21 Å². The maximum absolute atomic E-state index is 4.76. The Balaban J connectivity index is 1.60. The quantitative estimate of drug-likeness (QED) is 0.326. The predicted octanol–water partition coefficient (Wildman–Crippen LogP) is 6.42. The van der Waals surface area contributed by atoms with Crippen LogP contribution in [0.2, 0.25) is 0 Å². The number of nitrogens with zero attached hydrogens (tertiary/aromatic N) is 2. The Bertz CT molecular complexity index is 581. The van der Waals surface area contributed by atoms with E-state index in [2.05, 4.69) is 61.7 Å². The summed E-state index contributed by atoms with van der Waals surface area (Å²) < 4.78 is 0. The Morgan fingerprint density at radius 2 is 1.58 bits per heavy atom. The summed E-state index contributed by atoms with van der Waals surface area (Å²) in [5, 5.41) is 6.78. The molecule has 0 amide bonds. The maximum atomic E-state index is 4.76. The van der Waals surface area contributed by atoms with Gasteiger partial charge in [0.2, 0.25) is 0 Å². The molecule has 1 saturated carbocycles. The van der Waals surface area contributed by atoms with E-state index >= 15 is 0 Å². The van der Waals surface area contributed by atoms with Crippen molar-refractivity contribution in [3.05, 3.63) is 60.7 Å². The van der Waals surface area contributed by atoms with Gasteiger partial charge in [0.25, 0.3) is 0 Å². The minimum Gasteiger partial charge on any atom is -0.234 e. The van der Waals surface area contributed by atoms with Crippen LogP contribution in [0.25, 0.3) is 0 Å². The fourth-order valence-corrected chi connectivity index (χ4v) is 3.68. The van der Waals surface area contributed by atoms with Gasteiger partial charge in [-0.15, -0.1) is 0 Å². The molecule has 126 valence electrons. The van der Waals surface area contributed by atoms with E-state index in [9.17, 15) is 0 Å². The summed E-state index contributed by atoms with van der Waals surface area (Å²) in [4.78, 5) is 0. The largest absolute Gasteiger partial charge is 0.234 e. The van der Waals surface area contributed by atoms with Crippen molar-refractivity contribution >= 4 is 17.6 Å². The number of benzene rings is 2. The predicted molar refractivity (Wildman–Crippen MR) is 104 cm³/mol. The molecule has 2 unspecified atom stereocenters. The summed E-state index contributed by atoms with van der Waals surface area (Å²) in [6.45, 7) is 2.41. The molecule has 1 fully saturated rings. The van der Waals surface area contributed by atoms with Gasteiger partial charge in [0.15, 0.2) is 0 Å². The summed E-state index contributed by atoms with van der Waals surface area (Å²) in [5.41, 5.74) is 2.20. The van der Waals surface area contributed by atoms with Crippen LogP contribution >= 0.6 is 0 Å². The highest BCUT2D eigenvalue weighted by Crippen LogP contribution is 2.34. The molecule has 0 saturated heterocycles. The lowest BCUT2D eigenvalue weighted by molar-refractivity contribution is 0.385. The highest BCUT2D eigenvalue weighted by Gasteiger charge is 2.22. The molecule has 2 aromatic carbocycles. The smallest absolute Gasteiger partial charge is 0.0652 e. The maximum Gasteiger partial charge on any atom is 0.0652 e. The van der Waals surface area contributed by atoms with Gasteiger partial charge in [-0.3, -0.25) is 0 Å². The van der Waals surface area contributed by atoms with E-state index in [1.165, 1.54) is 32.1 Å². The summed E-state index contributed by atoms with van der Waals surface area (Å²) in [7, 11) is 0. The van der Waals surface area contributed by atoms with Gasteiger partial charge in [-0.25, -0.2) is 5.01 Å². The van der Waals surface area contributed by atoms with Gasteiger partial charge < -0.3 is 0 Å². The molecule has 0 aromatic heterocycles. The lowest BCUT2D eigenvalue weighted by Gasteiger charge is -2.19. The summed E-state index contributed by atoms with van der Waals surface area (Å²) in [6, 6.07) is 20.7. The highest BCUT2D eigenvalue weighted by molar-refractivity contribution is 5.67. The third-order valence-corrected chi connectivity index (χ3v) is 5.15. The molecule has 2 heteroatoms. The third kappa shape index (κ3) is 4.47. The number of para-hydroxylation sites is 2. The van der Waals surface area contributed by atoms with Crippen molar-refractivity contribution in [1.82, 2.24) is 0 Å². The first-order valence-electron chi connectivity index (χ1n) is 9.27. The molecule has 1 aliphatic carbocycles. The third-order valence-electron chi connectivity index (χ3n) is 5.15. The number of hydrogen-bond acceptors (Lipinski definition) is 2. The van der Waals surface area contributed by atoms with E-state index < -0.39 is 0 Å². The van der Waals surface area contributed by atoms with Crippen LogP contribution in [-0.4, -0.2) is 6.21 Å². The lowest BCUT2D eigenvalue weighted by atomic mass is 9.93. The van der Waals surface area contributed by atoms with Crippen molar-refractivity contribution in [3.8, 4) is 0 Å². The Morgan fingerprint density at radius 1 is 0.958 bits per heavy atom. The zero-order valence-electron chi connectivity index (χ0n) is 14.6. The van der Waals surface area contributed by atoms with Crippen LogP contribution in [0.4, 0.5) is 11.4 Å². The van der Waals surface area contributed by atoms with Crippen molar-refractivity contribution < 1.29 is 0 Å². The molecular formula is C22H28N2. The Hall–Kier alpha value is -2.09. The minimum absolute atomic E-state index is 0.923. The second kappa shape index (κ2) is 8.68. The molecular weight excluding hydrogens is 292 g/mol. The average molecular weight is 320 g/mol. The van der Waals surface area contributed by atoms with Gasteiger partial charge in [-0.2, -0.15) is 5.10 Å². The van der Waals surface area contributed by atoms with Crippen LogP contribution in [0.15, 0.2) is 65.8 Å². The zero-order valence-corrected chi connectivity index (χ0v) is 14.6. The Morgan fingerprint density at radius 3 is 2.12 bits per heavy atom. The topological polar surface area (TPSA) is 15.6 Å². The van der Waals surface area contributed by atoms with Crippen molar-refractivity contribution in [2.45, 2.75) is 45.4 Å². The van der Waals surface area contributed by atoms with Crippen LogP contribution in [0.1, 0.15) is 45.4 Å². The molecule has 0 spiro atoms. The Kier molecular flexibility index (Phi) is 6.06. The van der Waals surface area contributed by atoms with Gasteiger partial charge in [0.1, 0.15) is 0 Å². The van der Waals surface area contributed by atoms with Crippen molar-refractivity contribution in [1.29, 1.82) is 0 Å². The van der Waals surface area contributed by atoms with E-state index in [0.717, 1.165) is 29.6 Å². The molecule has 2 atom stereocenters. The Labute approximate surface area is 146 Å². The van der Waals surface area contributed by atoms with Crippen LogP contribution < -0.4 is 5.01 Å². The summed E-state index contributed by atoms with van der Waals surface area (Å²) >= 11 is 0. The minimum atomic E-state index is 0.923. The first-order chi connectivity index (χ1) is 11.8. The molecule has 0 aliphatic heterocycles. The monoisotopic (exact) mass is 320 g/mol. The van der Waals surface area contributed by atoms with E-state index in [0.29, 0.717) is 0 Å². The van der Waals surface area contributed by atoms with Crippen molar-refractivity contribution in [2.75, 3.05) is 5.01 Å². The van der Waals surface area contributed by atoms with Gasteiger partial charge >= 0.3 is 0 Å². The van der Waals surface area contributed by atoms with E-state index in [-0.39, 0.29) is 0 Å². The van der Waals surface area contributed by atoms with E-state index in [1.54, 1.807) is 0 Å². The van der Waals surface area contributed by atoms with Crippen molar-refractivity contribution in [2.24, 2.45) is 16.9 Å². The highest BCUT2D eigenvalue weighted by atomic mass is 15.5. The van der Waals surface area contributed by atoms with Crippen LogP contribution in [-0.2, 0) is 0 Å². The normalized spacial score (nSPS) is 20.5. The molecule has 24 heavy (non-hydrogen) atoms. The second-order valence-corrected chi connectivity index (χ2v) is 6.88. The molecule has 1 aliphatic rings. The number of hydrogen-bond donors (Lipinski definition) is 0. The molecule has 0 heterocycles. The van der Waals surface area contributed by atoms with Gasteiger partial charge in [-0.1, -0.05) is 62.6 Å². The average Bonchev–Trinajstić information content (AvgIpc) is 3.04. The second-order valence-electron chi connectivity index (χ2n) is 6.88. The first-order valence-corrected chi connectivity index (χ1v) is 9.27.